The average molecular weight is 411 g/mol. The number of rotatable bonds is 16. The van der Waals surface area contributed by atoms with Crippen LogP contribution >= 0.6 is 0 Å². The molecule has 1 rings (SSSR count). The maximum absolute atomic E-state index is 12.7. The molecule has 0 aliphatic heterocycles. The van der Waals surface area contributed by atoms with Gasteiger partial charge in [-0.3, -0.25) is 9.59 Å². The van der Waals surface area contributed by atoms with E-state index < -0.39 is 5.97 Å². The van der Waals surface area contributed by atoms with Gasteiger partial charge >= 0.3 is 11.9 Å². The average Bonchev–Trinajstić information content (AvgIpc) is 2.69. The lowest BCUT2D eigenvalue weighted by Gasteiger charge is -2.27. The van der Waals surface area contributed by atoms with E-state index in [0.29, 0.717) is 12.8 Å². The molecule has 0 aromatic rings. The smallest absolute Gasteiger partial charge is 0.309 e. The molecule has 0 bridgehead atoms. The maximum atomic E-state index is 12.7. The molecule has 3 atom stereocenters. The van der Waals surface area contributed by atoms with Crippen LogP contribution in [0.5, 0.6) is 0 Å². The Morgan fingerprint density at radius 1 is 0.862 bits per heavy atom. The van der Waals surface area contributed by atoms with E-state index in [1.807, 2.05) is 0 Å². The van der Waals surface area contributed by atoms with Gasteiger partial charge in [0.1, 0.15) is 6.10 Å². The number of carbonyl (C=O) groups excluding carboxylic acids is 1. The Balaban J connectivity index is 2.33. The van der Waals surface area contributed by atoms with Gasteiger partial charge in [-0.1, -0.05) is 78.6 Å². The summed E-state index contributed by atoms with van der Waals surface area (Å²) in [4.78, 5) is 23.9. The summed E-state index contributed by atoms with van der Waals surface area (Å²) >= 11 is 0. The van der Waals surface area contributed by atoms with Crippen molar-refractivity contribution in [1.82, 2.24) is 0 Å². The van der Waals surface area contributed by atoms with Crippen molar-refractivity contribution in [2.45, 2.75) is 130 Å². The van der Waals surface area contributed by atoms with E-state index in [1.54, 1.807) is 0 Å². The number of hydrogen-bond acceptors (Lipinski definition) is 3. The highest BCUT2D eigenvalue weighted by Crippen LogP contribution is 2.31. The molecule has 170 valence electrons. The molecular formula is C25H46O4. The highest BCUT2D eigenvalue weighted by atomic mass is 16.5. The molecule has 0 saturated heterocycles. The zero-order chi connectivity index (χ0) is 21.5. The number of carboxylic acids is 1. The van der Waals surface area contributed by atoms with Gasteiger partial charge in [0.15, 0.2) is 0 Å². The highest BCUT2D eigenvalue weighted by Gasteiger charge is 2.32. The third kappa shape index (κ3) is 12.3. The lowest BCUT2D eigenvalue weighted by atomic mass is 9.81. The molecule has 1 fully saturated rings. The zero-order valence-corrected chi connectivity index (χ0v) is 19.3. The third-order valence-electron chi connectivity index (χ3n) is 6.33. The lowest BCUT2D eigenvalue weighted by molar-refractivity contribution is -0.158. The minimum absolute atomic E-state index is 0.0141. The normalized spacial score (nSPS) is 20.6. The monoisotopic (exact) mass is 410 g/mol. The number of carboxylic acid groups (broad SMARTS) is 1. The molecule has 1 saturated carbocycles. The highest BCUT2D eigenvalue weighted by molar-refractivity contribution is 5.75. The zero-order valence-electron chi connectivity index (χ0n) is 19.3. The summed E-state index contributed by atoms with van der Waals surface area (Å²) in [5, 5.41) is 9.26. The molecule has 0 spiro atoms. The van der Waals surface area contributed by atoms with Crippen LogP contribution < -0.4 is 0 Å². The molecule has 0 aromatic heterocycles. The maximum Gasteiger partial charge on any atom is 0.309 e. The van der Waals surface area contributed by atoms with E-state index in [2.05, 4.69) is 20.8 Å². The second-order valence-electron chi connectivity index (χ2n) is 9.55. The van der Waals surface area contributed by atoms with Crippen molar-refractivity contribution in [2.75, 3.05) is 0 Å². The van der Waals surface area contributed by atoms with Gasteiger partial charge in [-0.25, -0.2) is 0 Å². The topological polar surface area (TPSA) is 63.6 Å². The Bertz CT molecular complexity index is 446. The predicted molar refractivity (Wildman–Crippen MR) is 119 cm³/mol. The largest absolute Gasteiger partial charge is 0.481 e. The van der Waals surface area contributed by atoms with E-state index in [9.17, 15) is 14.7 Å². The number of aliphatic carboxylic acids is 1. The van der Waals surface area contributed by atoms with E-state index in [4.69, 9.17) is 4.74 Å². The fourth-order valence-corrected chi connectivity index (χ4v) is 4.40. The van der Waals surface area contributed by atoms with Gasteiger partial charge < -0.3 is 9.84 Å². The van der Waals surface area contributed by atoms with Gasteiger partial charge in [0.2, 0.25) is 0 Å². The molecule has 3 unspecified atom stereocenters. The van der Waals surface area contributed by atoms with E-state index in [-0.39, 0.29) is 23.9 Å². The molecule has 0 amide bonds. The van der Waals surface area contributed by atoms with Gasteiger partial charge in [0.05, 0.1) is 11.8 Å². The first kappa shape index (κ1) is 26.0. The van der Waals surface area contributed by atoms with Crippen LogP contribution in [-0.2, 0) is 14.3 Å². The first-order valence-electron chi connectivity index (χ1n) is 12.4. The summed E-state index contributed by atoms with van der Waals surface area (Å²) in [5.74, 6) is -0.708. The fraction of sp³-hybridized carbons (Fsp3) is 0.920. The molecule has 1 N–H and O–H groups in total. The number of unbranched alkanes of at least 4 members (excludes halogenated alkanes) is 7. The fourth-order valence-electron chi connectivity index (χ4n) is 4.40. The second-order valence-corrected chi connectivity index (χ2v) is 9.55. The molecule has 1 aliphatic rings. The molecule has 4 nitrogen and oxygen atoms in total. The Morgan fingerprint density at radius 3 is 2.00 bits per heavy atom. The van der Waals surface area contributed by atoms with Gasteiger partial charge in [-0.15, -0.1) is 0 Å². The van der Waals surface area contributed by atoms with Gasteiger partial charge in [0.25, 0.3) is 0 Å². The van der Waals surface area contributed by atoms with Crippen LogP contribution in [0.15, 0.2) is 0 Å². The number of carbonyl (C=O) groups is 2. The van der Waals surface area contributed by atoms with E-state index in [1.165, 1.54) is 51.4 Å². The molecule has 4 heteroatoms. The Labute approximate surface area is 179 Å². The van der Waals surface area contributed by atoms with Crippen molar-refractivity contribution in [3.8, 4) is 0 Å². The SMILES string of the molecule is CCCCCC(CCCCCCCCC(C)C)OC(=O)C1CCCC(C(=O)O)C1. The Kier molecular flexibility index (Phi) is 14.1. The van der Waals surface area contributed by atoms with Crippen molar-refractivity contribution in [3.05, 3.63) is 0 Å². The van der Waals surface area contributed by atoms with Crippen LogP contribution in [0.1, 0.15) is 124 Å². The number of hydrogen-bond donors (Lipinski definition) is 1. The van der Waals surface area contributed by atoms with Crippen molar-refractivity contribution in [1.29, 1.82) is 0 Å². The third-order valence-corrected chi connectivity index (χ3v) is 6.33. The van der Waals surface area contributed by atoms with Gasteiger partial charge in [0, 0.05) is 0 Å². The van der Waals surface area contributed by atoms with Crippen molar-refractivity contribution < 1.29 is 19.4 Å². The summed E-state index contributed by atoms with van der Waals surface area (Å²) in [7, 11) is 0. The first-order valence-corrected chi connectivity index (χ1v) is 12.4. The van der Waals surface area contributed by atoms with E-state index >= 15 is 0 Å². The summed E-state index contributed by atoms with van der Waals surface area (Å²) in [6.45, 7) is 6.76. The summed E-state index contributed by atoms with van der Waals surface area (Å²) in [6, 6.07) is 0. The summed E-state index contributed by atoms with van der Waals surface area (Å²) < 4.78 is 5.90. The second kappa shape index (κ2) is 15.7. The van der Waals surface area contributed by atoms with Crippen LogP contribution in [0.25, 0.3) is 0 Å². The number of esters is 1. The van der Waals surface area contributed by atoms with Crippen LogP contribution in [0.3, 0.4) is 0 Å². The summed E-state index contributed by atoms with van der Waals surface area (Å²) in [6.07, 6.45) is 17.0. The summed E-state index contributed by atoms with van der Waals surface area (Å²) in [5.41, 5.74) is 0. The van der Waals surface area contributed by atoms with E-state index in [0.717, 1.165) is 44.4 Å². The van der Waals surface area contributed by atoms with Crippen LogP contribution in [0.4, 0.5) is 0 Å². The quantitative estimate of drug-likeness (QED) is 0.217. The van der Waals surface area contributed by atoms with Crippen LogP contribution in [-0.4, -0.2) is 23.1 Å². The molecular weight excluding hydrogens is 364 g/mol. The van der Waals surface area contributed by atoms with Crippen molar-refractivity contribution in [2.24, 2.45) is 17.8 Å². The van der Waals surface area contributed by atoms with Gasteiger partial charge in [-0.05, 0) is 50.9 Å². The van der Waals surface area contributed by atoms with Crippen LogP contribution in [0.2, 0.25) is 0 Å². The standard InChI is InChI=1S/C25H46O4/c1-4-5-10-17-23(18-12-9-7-6-8-11-14-20(2)3)29-25(28)22-16-13-15-21(19-22)24(26)27/h20-23H,4-19H2,1-3H3,(H,26,27). The first-order chi connectivity index (χ1) is 13.9. The predicted octanol–water partition coefficient (Wildman–Crippen LogP) is 7.15. The minimum Gasteiger partial charge on any atom is -0.481 e. The molecule has 1 aliphatic carbocycles. The molecule has 0 heterocycles. The minimum atomic E-state index is -0.768. The van der Waals surface area contributed by atoms with Crippen molar-refractivity contribution in [3.63, 3.8) is 0 Å². The number of ether oxygens (including phenoxy) is 1. The molecule has 0 radical (unpaired) electrons. The Hall–Kier alpha value is -1.06. The molecule has 29 heavy (non-hydrogen) atoms. The molecule has 0 aromatic carbocycles. The Morgan fingerprint density at radius 2 is 1.41 bits per heavy atom. The van der Waals surface area contributed by atoms with Crippen LogP contribution in [0, 0.1) is 17.8 Å². The van der Waals surface area contributed by atoms with Crippen molar-refractivity contribution >= 4 is 11.9 Å². The lowest BCUT2D eigenvalue weighted by Crippen LogP contribution is -2.31. The van der Waals surface area contributed by atoms with Gasteiger partial charge in [-0.2, -0.15) is 0 Å².